The third kappa shape index (κ3) is 3.77. The van der Waals surface area contributed by atoms with Crippen LogP contribution in [0.15, 0.2) is 28.7 Å². The molecule has 0 bridgehead atoms. The van der Waals surface area contributed by atoms with Crippen LogP contribution in [0.2, 0.25) is 0 Å². The average molecular weight is 375 g/mol. The summed E-state index contributed by atoms with van der Waals surface area (Å²) in [5.74, 6) is -0.000244. The molecule has 2 aromatic rings. The molecule has 0 unspecified atom stereocenters. The van der Waals surface area contributed by atoms with Gasteiger partial charge < -0.3 is 18.6 Å². The largest absolute Gasteiger partial charge is 0.445 e. The highest BCUT2D eigenvalue weighted by atomic mass is 19.1. The molecule has 2 aliphatic rings. The molecule has 2 aliphatic heterocycles. The summed E-state index contributed by atoms with van der Waals surface area (Å²) in [7, 11) is 0. The maximum Gasteiger partial charge on any atom is 0.414 e. The van der Waals surface area contributed by atoms with Gasteiger partial charge in [-0.05, 0) is 30.2 Å². The molecule has 0 aliphatic carbocycles. The number of nitrogens with zero attached hydrogens (tertiary/aromatic N) is 3. The van der Waals surface area contributed by atoms with Gasteiger partial charge in [-0.2, -0.15) is 0 Å². The van der Waals surface area contributed by atoms with E-state index in [4.69, 9.17) is 18.6 Å². The van der Waals surface area contributed by atoms with E-state index in [2.05, 4.69) is 10.2 Å². The van der Waals surface area contributed by atoms with Crippen LogP contribution < -0.4 is 9.64 Å². The number of cyclic esters (lactones) is 1. The molecule has 1 saturated heterocycles. The lowest BCUT2D eigenvalue weighted by atomic mass is 10.0. The van der Waals surface area contributed by atoms with E-state index in [1.807, 2.05) is 6.08 Å². The maximum atomic E-state index is 14.6. The van der Waals surface area contributed by atoms with Crippen LogP contribution in [0.3, 0.4) is 0 Å². The van der Waals surface area contributed by atoms with E-state index in [0.717, 1.165) is 5.57 Å². The number of aromatic nitrogens is 2. The summed E-state index contributed by atoms with van der Waals surface area (Å²) in [5, 5.41) is 7.36. The lowest BCUT2D eigenvalue weighted by Crippen LogP contribution is -2.26. The van der Waals surface area contributed by atoms with Crippen LogP contribution in [0, 0.1) is 12.7 Å². The van der Waals surface area contributed by atoms with Crippen molar-refractivity contribution >= 4 is 17.4 Å². The molecule has 0 N–H and O–H groups in total. The highest BCUT2D eigenvalue weighted by Gasteiger charge is 2.33. The first kappa shape index (κ1) is 17.5. The fourth-order valence-corrected chi connectivity index (χ4v) is 3.02. The Morgan fingerprint density at radius 3 is 2.96 bits per heavy atom. The number of hydrogen-bond acceptors (Lipinski definition) is 7. The summed E-state index contributed by atoms with van der Waals surface area (Å²) in [4.78, 5) is 13.5. The number of ether oxygens (including phenoxy) is 3. The Morgan fingerprint density at radius 1 is 1.37 bits per heavy atom. The van der Waals surface area contributed by atoms with Crippen molar-refractivity contribution in [1.29, 1.82) is 0 Å². The van der Waals surface area contributed by atoms with Gasteiger partial charge in [-0.1, -0.05) is 11.2 Å². The second-order valence-electron chi connectivity index (χ2n) is 6.23. The van der Waals surface area contributed by atoms with E-state index in [-0.39, 0.29) is 25.0 Å². The molecule has 142 valence electrons. The first-order chi connectivity index (χ1) is 13.1. The highest BCUT2D eigenvalue weighted by molar-refractivity contribution is 5.90. The number of carbonyl (C=O) groups excluding carboxylic acids is 1. The quantitative estimate of drug-likeness (QED) is 0.794. The van der Waals surface area contributed by atoms with Crippen LogP contribution in [0.5, 0.6) is 6.08 Å². The molecule has 0 spiro atoms. The summed E-state index contributed by atoms with van der Waals surface area (Å²) in [5.41, 5.74) is 1.88. The summed E-state index contributed by atoms with van der Waals surface area (Å²) in [6.45, 7) is 3.01. The van der Waals surface area contributed by atoms with E-state index in [0.29, 0.717) is 36.8 Å². The molecule has 4 rings (SSSR count). The Morgan fingerprint density at radius 2 is 2.26 bits per heavy atom. The molecule has 27 heavy (non-hydrogen) atoms. The Bertz CT molecular complexity index is 882. The van der Waals surface area contributed by atoms with E-state index in [1.54, 1.807) is 19.1 Å². The molecule has 1 amide bonds. The van der Waals surface area contributed by atoms with Gasteiger partial charge in [0.05, 0.1) is 25.4 Å². The van der Waals surface area contributed by atoms with Gasteiger partial charge in [-0.25, -0.2) is 9.18 Å². The average Bonchev–Trinajstić information content (AvgIpc) is 3.26. The van der Waals surface area contributed by atoms with Crippen molar-refractivity contribution in [1.82, 2.24) is 10.2 Å². The van der Waals surface area contributed by atoms with Crippen LogP contribution in [0.4, 0.5) is 14.9 Å². The lowest BCUT2D eigenvalue weighted by molar-refractivity contribution is 0.0908. The number of benzene rings is 1. The van der Waals surface area contributed by atoms with Crippen molar-refractivity contribution in [3.63, 3.8) is 0 Å². The second kappa shape index (κ2) is 7.36. The normalized spacial score (nSPS) is 19.8. The number of anilines is 1. The number of rotatable bonds is 5. The molecule has 0 radical (unpaired) electrons. The van der Waals surface area contributed by atoms with Crippen molar-refractivity contribution in [2.75, 3.05) is 31.3 Å². The van der Waals surface area contributed by atoms with Crippen molar-refractivity contribution in [2.45, 2.75) is 19.4 Å². The Labute approximate surface area is 154 Å². The topological polar surface area (TPSA) is 86.9 Å². The molecule has 1 fully saturated rings. The minimum atomic E-state index is -0.553. The smallest absolute Gasteiger partial charge is 0.414 e. The first-order valence-electron chi connectivity index (χ1n) is 8.58. The van der Waals surface area contributed by atoms with Crippen molar-refractivity contribution in [3.05, 3.63) is 41.5 Å². The van der Waals surface area contributed by atoms with Gasteiger partial charge in [0.2, 0.25) is 5.89 Å². The number of carbonyl (C=O) groups is 1. The van der Waals surface area contributed by atoms with Crippen molar-refractivity contribution in [2.24, 2.45) is 0 Å². The van der Waals surface area contributed by atoms with E-state index >= 15 is 0 Å². The summed E-state index contributed by atoms with van der Waals surface area (Å²) in [6.07, 6.45) is 1.48. The maximum absolute atomic E-state index is 14.6. The van der Waals surface area contributed by atoms with Crippen LogP contribution in [-0.4, -0.2) is 48.8 Å². The van der Waals surface area contributed by atoms with Crippen molar-refractivity contribution in [3.8, 4) is 6.08 Å². The van der Waals surface area contributed by atoms with Crippen LogP contribution in [-0.2, 0) is 9.47 Å². The van der Waals surface area contributed by atoms with Crippen LogP contribution in [0.1, 0.15) is 17.9 Å². The Balaban J connectivity index is 1.43. The lowest BCUT2D eigenvalue weighted by Gasteiger charge is -2.17. The fraction of sp³-hybridized carbons (Fsp3) is 0.389. The van der Waals surface area contributed by atoms with Gasteiger partial charge in [0, 0.05) is 12.5 Å². The van der Waals surface area contributed by atoms with E-state index < -0.39 is 12.2 Å². The van der Waals surface area contributed by atoms with Crippen molar-refractivity contribution < 1.29 is 27.8 Å². The molecule has 0 saturated carbocycles. The SMILES string of the molecule is Cc1nnc(OC[C@H]2CN(c3ccc(C4=CCOCC4)c(F)c3)C(=O)O2)o1. The minimum absolute atomic E-state index is 0.0159. The Kier molecular flexibility index (Phi) is 4.76. The van der Waals surface area contributed by atoms with Gasteiger partial charge in [0.25, 0.3) is 0 Å². The summed E-state index contributed by atoms with van der Waals surface area (Å²) >= 11 is 0. The monoisotopic (exact) mass is 375 g/mol. The molecular formula is C18H18FN3O5. The predicted octanol–water partition coefficient (Wildman–Crippen LogP) is 2.73. The number of hydrogen-bond donors (Lipinski definition) is 0. The summed E-state index contributed by atoms with van der Waals surface area (Å²) in [6, 6.07) is 4.73. The molecule has 3 heterocycles. The molecule has 8 nitrogen and oxygen atoms in total. The Hall–Kier alpha value is -2.94. The number of amides is 1. The van der Waals surface area contributed by atoms with E-state index in [1.165, 1.54) is 11.0 Å². The molecule has 9 heteroatoms. The van der Waals surface area contributed by atoms with Gasteiger partial charge in [0.15, 0.2) is 6.10 Å². The zero-order valence-electron chi connectivity index (χ0n) is 14.7. The van der Waals surface area contributed by atoms with Crippen LogP contribution in [0.25, 0.3) is 5.57 Å². The standard InChI is InChI=1S/C18H18FN3O5/c1-11-20-21-17(26-11)25-10-14-9-22(18(23)27-14)13-2-3-15(16(19)8-13)12-4-6-24-7-5-12/h2-4,8,14H,5-7,9-10H2,1H3/t14-/m1/s1. The zero-order chi connectivity index (χ0) is 18.8. The van der Waals surface area contributed by atoms with Gasteiger partial charge in [-0.15, -0.1) is 5.10 Å². The minimum Gasteiger partial charge on any atom is -0.445 e. The van der Waals surface area contributed by atoms with E-state index in [9.17, 15) is 9.18 Å². The molecule has 1 aromatic heterocycles. The second-order valence-corrected chi connectivity index (χ2v) is 6.23. The number of aryl methyl sites for hydroxylation is 1. The highest BCUT2D eigenvalue weighted by Crippen LogP contribution is 2.29. The van der Waals surface area contributed by atoms with Gasteiger partial charge in [-0.3, -0.25) is 4.90 Å². The third-order valence-corrected chi connectivity index (χ3v) is 4.35. The molecule has 1 aromatic carbocycles. The van der Waals surface area contributed by atoms with Crippen LogP contribution >= 0.6 is 0 Å². The predicted molar refractivity (Wildman–Crippen MR) is 92.0 cm³/mol. The first-order valence-corrected chi connectivity index (χ1v) is 8.58. The molecule has 1 atom stereocenters. The summed E-state index contributed by atoms with van der Waals surface area (Å²) < 4.78 is 35.5. The number of halogens is 1. The molecular weight excluding hydrogens is 357 g/mol. The fourth-order valence-electron chi connectivity index (χ4n) is 3.02. The zero-order valence-corrected chi connectivity index (χ0v) is 14.7. The van der Waals surface area contributed by atoms with Gasteiger partial charge in [0.1, 0.15) is 12.4 Å². The van der Waals surface area contributed by atoms with Gasteiger partial charge >= 0.3 is 12.2 Å². The third-order valence-electron chi connectivity index (χ3n) is 4.35.